The Morgan fingerprint density at radius 1 is 1.33 bits per heavy atom. The van der Waals surface area contributed by atoms with Crippen molar-refractivity contribution in [3.05, 3.63) is 23.9 Å². The molecule has 0 fully saturated rings. The van der Waals surface area contributed by atoms with Crippen LogP contribution < -0.4 is 10.1 Å². The summed E-state index contributed by atoms with van der Waals surface area (Å²) in [4.78, 5) is 4.26. The van der Waals surface area contributed by atoms with E-state index in [0.29, 0.717) is 11.9 Å². The Balaban J connectivity index is 2.69. The second-order valence-corrected chi connectivity index (χ2v) is 5.79. The maximum atomic E-state index is 5.08. The van der Waals surface area contributed by atoms with Crippen molar-refractivity contribution in [2.45, 2.75) is 46.6 Å². The molecule has 0 saturated heterocycles. The van der Waals surface area contributed by atoms with E-state index in [1.807, 2.05) is 12.3 Å². The minimum atomic E-state index is 0.245. The molecule has 1 atom stereocenters. The number of hydrogen-bond donors (Lipinski definition) is 1. The molecular weight excluding hydrogens is 224 g/mol. The molecule has 0 bridgehead atoms. The van der Waals surface area contributed by atoms with E-state index in [-0.39, 0.29) is 5.41 Å². The van der Waals surface area contributed by atoms with Crippen LogP contribution in [0.2, 0.25) is 0 Å². The molecule has 1 N–H and O–H groups in total. The van der Waals surface area contributed by atoms with Gasteiger partial charge in [0.2, 0.25) is 5.88 Å². The molecule has 1 aromatic rings. The van der Waals surface area contributed by atoms with Crippen molar-refractivity contribution in [1.29, 1.82) is 0 Å². The lowest BCUT2D eigenvalue weighted by molar-refractivity contribution is 0.266. The highest BCUT2D eigenvalue weighted by molar-refractivity contribution is 5.19. The highest BCUT2D eigenvalue weighted by atomic mass is 16.5. The van der Waals surface area contributed by atoms with Crippen molar-refractivity contribution in [2.24, 2.45) is 5.41 Å². The van der Waals surface area contributed by atoms with Gasteiger partial charge >= 0.3 is 0 Å². The van der Waals surface area contributed by atoms with Crippen molar-refractivity contribution in [2.75, 3.05) is 13.7 Å². The second kappa shape index (κ2) is 6.74. The van der Waals surface area contributed by atoms with Gasteiger partial charge in [-0.15, -0.1) is 0 Å². The quantitative estimate of drug-likeness (QED) is 0.842. The van der Waals surface area contributed by atoms with Gasteiger partial charge in [-0.05, 0) is 30.4 Å². The van der Waals surface area contributed by atoms with Crippen LogP contribution in [0.5, 0.6) is 5.88 Å². The molecule has 0 aliphatic rings. The summed E-state index contributed by atoms with van der Waals surface area (Å²) in [6.07, 6.45) is 4.07. The molecule has 0 aromatic carbocycles. The van der Waals surface area contributed by atoms with E-state index in [2.05, 4.69) is 44.1 Å². The number of aromatic nitrogens is 1. The van der Waals surface area contributed by atoms with E-state index in [1.165, 1.54) is 5.56 Å². The molecule has 3 heteroatoms. The highest BCUT2D eigenvalue weighted by Gasteiger charge is 2.24. The first-order valence-corrected chi connectivity index (χ1v) is 6.69. The van der Waals surface area contributed by atoms with Crippen LogP contribution in [-0.4, -0.2) is 24.7 Å². The van der Waals surface area contributed by atoms with Crippen LogP contribution in [0.3, 0.4) is 0 Å². The van der Waals surface area contributed by atoms with E-state index >= 15 is 0 Å². The number of ether oxygens (including phenoxy) is 1. The predicted octanol–water partition coefficient (Wildman–Crippen LogP) is 3.05. The van der Waals surface area contributed by atoms with Crippen LogP contribution in [0, 0.1) is 5.41 Å². The largest absolute Gasteiger partial charge is 0.481 e. The Kier molecular flexibility index (Phi) is 5.60. The van der Waals surface area contributed by atoms with E-state index in [9.17, 15) is 0 Å². The van der Waals surface area contributed by atoms with Crippen LogP contribution in [0.15, 0.2) is 18.3 Å². The first kappa shape index (κ1) is 15.0. The van der Waals surface area contributed by atoms with Crippen LogP contribution in [0.4, 0.5) is 0 Å². The van der Waals surface area contributed by atoms with Gasteiger partial charge in [-0.3, -0.25) is 0 Å². The third-order valence-corrected chi connectivity index (χ3v) is 3.13. The monoisotopic (exact) mass is 250 g/mol. The fourth-order valence-electron chi connectivity index (χ4n) is 1.89. The van der Waals surface area contributed by atoms with Gasteiger partial charge in [0, 0.05) is 18.3 Å². The summed E-state index contributed by atoms with van der Waals surface area (Å²) in [5, 5.41) is 3.63. The third kappa shape index (κ3) is 4.65. The van der Waals surface area contributed by atoms with Gasteiger partial charge in [-0.2, -0.15) is 0 Å². The van der Waals surface area contributed by atoms with Gasteiger partial charge < -0.3 is 10.1 Å². The zero-order chi connectivity index (χ0) is 13.6. The summed E-state index contributed by atoms with van der Waals surface area (Å²) >= 11 is 0. The molecule has 0 spiro atoms. The zero-order valence-electron chi connectivity index (χ0n) is 12.3. The number of hydrogen-bond acceptors (Lipinski definition) is 3. The van der Waals surface area contributed by atoms with E-state index < -0.39 is 0 Å². The Morgan fingerprint density at radius 2 is 2.06 bits per heavy atom. The Labute approximate surface area is 111 Å². The summed E-state index contributed by atoms with van der Waals surface area (Å²) < 4.78 is 5.08. The van der Waals surface area contributed by atoms with Gasteiger partial charge in [0.05, 0.1) is 7.11 Å². The molecular formula is C15H26N2O. The molecule has 0 saturated carbocycles. The number of pyridine rings is 1. The standard InChI is InChI=1S/C15H26N2O/c1-6-9-16-13(15(2,3)4)10-12-7-8-14(18-5)17-11-12/h7-8,11,13,16H,6,9-10H2,1-5H3. The first-order chi connectivity index (χ1) is 8.47. The van der Waals surface area contributed by atoms with Crippen LogP contribution in [0.25, 0.3) is 0 Å². The minimum Gasteiger partial charge on any atom is -0.481 e. The van der Waals surface area contributed by atoms with Gasteiger partial charge in [-0.1, -0.05) is 33.8 Å². The van der Waals surface area contributed by atoms with Gasteiger partial charge in [0.15, 0.2) is 0 Å². The van der Waals surface area contributed by atoms with Crippen LogP contribution in [-0.2, 0) is 6.42 Å². The number of nitrogens with zero attached hydrogens (tertiary/aromatic N) is 1. The van der Waals surface area contributed by atoms with Gasteiger partial charge in [0.25, 0.3) is 0 Å². The molecule has 0 aliphatic carbocycles. The summed E-state index contributed by atoms with van der Waals surface area (Å²) in [5.74, 6) is 0.674. The van der Waals surface area contributed by atoms with E-state index in [1.54, 1.807) is 7.11 Å². The van der Waals surface area contributed by atoms with E-state index in [0.717, 1.165) is 19.4 Å². The molecule has 3 nitrogen and oxygen atoms in total. The SMILES string of the molecule is CCCNC(Cc1ccc(OC)nc1)C(C)(C)C. The molecule has 0 aliphatic heterocycles. The average molecular weight is 250 g/mol. The first-order valence-electron chi connectivity index (χ1n) is 6.69. The molecule has 102 valence electrons. The molecule has 18 heavy (non-hydrogen) atoms. The summed E-state index contributed by atoms with van der Waals surface area (Å²) in [6.45, 7) is 10.1. The molecule has 1 unspecified atom stereocenters. The molecule has 1 rings (SSSR count). The predicted molar refractivity (Wildman–Crippen MR) is 76.0 cm³/mol. The van der Waals surface area contributed by atoms with E-state index in [4.69, 9.17) is 4.74 Å². The smallest absolute Gasteiger partial charge is 0.212 e. The maximum absolute atomic E-state index is 5.08. The summed E-state index contributed by atoms with van der Waals surface area (Å²) in [6, 6.07) is 4.49. The fraction of sp³-hybridized carbons (Fsp3) is 0.667. The topological polar surface area (TPSA) is 34.1 Å². The number of rotatable bonds is 6. The Morgan fingerprint density at radius 3 is 2.50 bits per heavy atom. The van der Waals surface area contributed by atoms with Crippen molar-refractivity contribution in [3.8, 4) is 5.88 Å². The van der Waals surface area contributed by atoms with Gasteiger partial charge in [0.1, 0.15) is 0 Å². The van der Waals surface area contributed by atoms with Crippen molar-refractivity contribution < 1.29 is 4.74 Å². The second-order valence-electron chi connectivity index (χ2n) is 5.79. The van der Waals surface area contributed by atoms with Crippen molar-refractivity contribution in [3.63, 3.8) is 0 Å². The van der Waals surface area contributed by atoms with Crippen molar-refractivity contribution >= 4 is 0 Å². The minimum absolute atomic E-state index is 0.245. The van der Waals surface area contributed by atoms with Gasteiger partial charge in [-0.25, -0.2) is 4.98 Å². The number of nitrogens with one attached hydrogen (secondary N) is 1. The zero-order valence-corrected chi connectivity index (χ0v) is 12.3. The van der Waals surface area contributed by atoms with Crippen LogP contribution >= 0.6 is 0 Å². The maximum Gasteiger partial charge on any atom is 0.212 e. The normalized spacial score (nSPS) is 13.4. The highest BCUT2D eigenvalue weighted by Crippen LogP contribution is 2.23. The fourth-order valence-corrected chi connectivity index (χ4v) is 1.89. The lowest BCUT2D eigenvalue weighted by Crippen LogP contribution is -2.42. The summed E-state index contributed by atoms with van der Waals surface area (Å²) in [5.41, 5.74) is 1.49. The molecule has 1 heterocycles. The number of methoxy groups -OCH3 is 1. The Hall–Kier alpha value is -1.09. The Bertz CT molecular complexity index is 341. The van der Waals surface area contributed by atoms with Crippen molar-refractivity contribution in [1.82, 2.24) is 10.3 Å². The lowest BCUT2D eigenvalue weighted by atomic mass is 9.83. The lowest BCUT2D eigenvalue weighted by Gasteiger charge is -2.31. The van der Waals surface area contributed by atoms with Crippen LogP contribution in [0.1, 0.15) is 39.7 Å². The average Bonchev–Trinajstić information content (AvgIpc) is 2.34. The molecule has 1 aromatic heterocycles. The third-order valence-electron chi connectivity index (χ3n) is 3.13. The molecule has 0 amide bonds. The summed E-state index contributed by atoms with van der Waals surface area (Å²) in [7, 11) is 1.64. The molecule has 0 radical (unpaired) electrons.